The molecule has 10 atom stereocenters. The minimum absolute atomic E-state index is 0.00750. The predicted octanol–water partition coefficient (Wildman–Crippen LogP) is 8.04. The van der Waals surface area contributed by atoms with Crippen molar-refractivity contribution in [2.24, 2.45) is 61.8 Å². The second kappa shape index (κ2) is 8.34. The Balaban J connectivity index is 1.52. The van der Waals surface area contributed by atoms with E-state index in [9.17, 15) is 10.0 Å². The number of rotatable bonds is 3. The van der Waals surface area contributed by atoms with Crippen molar-refractivity contribution >= 4 is 12.2 Å². The summed E-state index contributed by atoms with van der Waals surface area (Å²) in [6.07, 6.45) is 13.9. The fourth-order valence-corrected chi connectivity index (χ4v) is 11.9. The minimum atomic E-state index is -0.133. The maximum absolute atomic E-state index is 11.9. The van der Waals surface area contributed by atoms with Crippen LogP contribution in [0, 0.1) is 56.7 Å². The van der Waals surface area contributed by atoms with Crippen molar-refractivity contribution in [1.82, 2.24) is 0 Å². The van der Waals surface area contributed by atoms with E-state index in [1.54, 1.807) is 6.92 Å². The van der Waals surface area contributed by atoms with Crippen LogP contribution in [0.3, 0.4) is 0 Å². The van der Waals surface area contributed by atoms with Gasteiger partial charge in [0.2, 0.25) is 0 Å². The first-order chi connectivity index (χ1) is 16.8. The average Bonchev–Trinajstić information content (AvgIpc) is 3.16. The second-order valence-corrected chi connectivity index (χ2v) is 15.1. The number of hydrogen-bond donors (Lipinski definition) is 1. The van der Waals surface area contributed by atoms with Crippen molar-refractivity contribution in [2.75, 3.05) is 0 Å². The third-order valence-electron chi connectivity index (χ3n) is 13.7. The smallest absolute Gasteiger partial charge is 0.302 e. The van der Waals surface area contributed by atoms with Crippen molar-refractivity contribution in [3.63, 3.8) is 0 Å². The minimum Gasteiger partial charge on any atom is -0.462 e. The number of carbonyl (C=O) groups is 1. The fourth-order valence-electron chi connectivity index (χ4n) is 11.9. The molecule has 1 N–H and O–H groups in total. The summed E-state index contributed by atoms with van der Waals surface area (Å²) in [6.45, 7) is 20.9. The van der Waals surface area contributed by atoms with Gasteiger partial charge in [-0.3, -0.25) is 4.79 Å². The van der Waals surface area contributed by atoms with Crippen molar-refractivity contribution in [3.05, 3.63) is 12.2 Å². The van der Waals surface area contributed by atoms with Gasteiger partial charge >= 0.3 is 5.97 Å². The molecule has 0 spiro atoms. The molecule has 0 aromatic rings. The molecule has 5 fully saturated rings. The SMILES string of the molecule is C=C(C)[C@@H]1CC[C@@]2(/C=N/O)CC[C@]3(C)[C@H](CC[C@H]4[C@@]5(C)CC[C@H](OC(C)=O)C(C)(C)[C@@H]5CC[C@]43C)[C@H]12. The first-order valence-corrected chi connectivity index (χ1v) is 14.8. The fraction of sp³-hybridized carbons (Fsp3) is 0.875. The largest absolute Gasteiger partial charge is 0.462 e. The van der Waals surface area contributed by atoms with Crippen molar-refractivity contribution in [3.8, 4) is 0 Å². The zero-order valence-electron chi connectivity index (χ0n) is 24.0. The summed E-state index contributed by atoms with van der Waals surface area (Å²) in [4.78, 5) is 11.9. The van der Waals surface area contributed by atoms with Gasteiger partial charge in [-0.25, -0.2) is 0 Å². The standard InChI is InChI=1S/C32H51NO3/c1-20(2)22-11-16-32(19-33-35)18-17-30(7)23(27(22)32)9-10-25-29(6)14-13-26(36-21(3)34)28(4,5)24(29)12-15-31(25,30)8/h19,22-27,35H,1,9-18H2,2-8H3/b33-19+/t22-,23+,24-,25-,26-,27-,29-,30+,31+,32-/m0/s1. The lowest BCUT2D eigenvalue weighted by Crippen LogP contribution is -2.66. The van der Waals surface area contributed by atoms with Crippen LogP contribution in [0.15, 0.2) is 17.3 Å². The maximum atomic E-state index is 11.9. The highest BCUT2D eigenvalue weighted by molar-refractivity contribution is 5.67. The Hall–Kier alpha value is -1.32. The van der Waals surface area contributed by atoms with Crippen molar-refractivity contribution in [1.29, 1.82) is 0 Å². The van der Waals surface area contributed by atoms with Gasteiger partial charge in [-0.05, 0) is 117 Å². The molecule has 0 unspecified atom stereocenters. The molecule has 0 aromatic heterocycles. The number of carbonyl (C=O) groups excluding carboxylic acids is 1. The molecule has 0 heterocycles. The van der Waals surface area contributed by atoms with Crippen LogP contribution < -0.4 is 0 Å². The van der Waals surface area contributed by atoms with Crippen LogP contribution in [0.1, 0.15) is 113 Å². The van der Waals surface area contributed by atoms with Crippen LogP contribution in [0.2, 0.25) is 0 Å². The maximum Gasteiger partial charge on any atom is 0.302 e. The van der Waals surface area contributed by atoms with Gasteiger partial charge in [-0.1, -0.05) is 46.8 Å². The summed E-state index contributed by atoms with van der Waals surface area (Å²) < 4.78 is 5.90. The van der Waals surface area contributed by atoms with Crippen molar-refractivity contribution in [2.45, 2.75) is 119 Å². The molecule has 0 aliphatic heterocycles. The van der Waals surface area contributed by atoms with Crippen LogP contribution in [-0.4, -0.2) is 23.5 Å². The number of allylic oxidation sites excluding steroid dienone is 1. The van der Waals surface area contributed by atoms with Crippen LogP contribution in [-0.2, 0) is 9.53 Å². The van der Waals surface area contributed by atoms with Gasteiger partial charge in [0.15, 0.2) is 0 Å². The van der Waals surface area contributed by atoms with Crippen LogP contribution in [0.5, 0.6) is 0 Å². The zero-order chi connectivity index (χ0) is 26.3. The zero-order valence-corrected chi connectivity index (χ0v) is 24.0. The second-order valence-electron chi connectivity index (χ2n) is 15.1. The molecule has 5 aliphatic carbocycles. The van der Waals surface area contributed by atoms with Gasteiger partial charge in [0, 0.05) is 17.8 Å². The van der Waals surface area contributed by atoms with Gasteiger partial charge < -0.3 is 9.94 Å². The summed E-state index contributed by atoms with van der Waals surface area (Å²) in [5.41, 5.74) is 2.24. The quantitative estimate of drug-likeness (QED) is 0.141. The van der Waals surface area contributed by atoms with Gasteiger partial charge in [0.25, 0.3) is 0 Å². The molecule has 0 amide bonds. The van der Waals surface area contributed by atoms with Crippen molar-refractivity contribution < 1.29 is 14.7 Å². The summed E-state index contributed by atoms with van der Waals surface area (Å²) in [7, 11) is 0. The predicted molar refractivity (Wildman–Crippen MR) is 145 cm³/mol. The lowest BCUT2D eigenvalue weighted by Gasteiger charge is -2.72. The highest BCUT2D eigenvalue weighted by Gasteiger charge is 2.71. The molecule has 5 aliphatic rings. The topological polar surface area (TPSA) is 58.9 Å². The Morgan fingerprint density at radius 1 is 0.889 bits per heavy atom. The first kappa shape index (κ1) is 26.3. The number of oxime groups is 1. The van der Waals surface area contributed by atoms with Crippen LogP contribution in [0.25, 0.3) is 0 Å². The highest BCUT2D eigenvalue weighted by Crippen LogP contribution is 2.77. The number of fused-ring (bicyclic) bond motifs is 7. The summed E-state index contributed by atoms with van der Waals surface area (Å²) in [5, 5.41) is 13.4. The van der Waals surface area contributed by atoms with E-state index < -0.39 is 0 Å². The molecule has 202 valence electrons. The Labute approximate surface area is 219 Å². The Kier molecular flexibility index (Phi) is 6.09. The van der Waals surface area contributed by atoms with E-state index >= 15 is 0 Å². The number of ether oxygens (including phenoxy) is 1. The monoisotopic (exact) mass is 497 g/mol. The van der Waals surface area contributed by atoms with E-state index in [0.29, 0.717) is 35.0 Å². The van der Waals surface area contributed by atoms with Crippen LogP contribution in [0.4, 0.5) is 0 Å². The number of nitrogens with zero attached hydrogens (tertiary/aromatic N) is 1. The number of esters is 1. The summed E-state index contributed by atoms with van der Waals surface area (Å²) in [6, 6.07) is 0. The molecule has 4 heteroatoms. The first-order valence-electron chi connectivity index (χ1n) is 14.8. The molecule has 5 saturated carbocycles. The lowest BCUT2D eigenvalue weighted by atomic mass is 9.32. The highest BCUT2D eigenvalue weighted by atomic mass is 16.5. The molecule has 0 aromatic carbocycles. The summed E-state index contributed by atoms with van der Waals surface area (Å²) in [5.74, 6) is 2.89. The molecular formula is C32H51NO3. The van der Waals surface area contributed by atoms with E-state index in [1.807, 2.05) is 6.21 Å². The Morgan fingerprint density at radius 2 is 1.61 bits per heavy atom. The average molecular weight is 498 g/mol. The molecule has 36 heavy (non-hydrogen) atoms. The van der Waals surface area contributed by atoms with E-state index in [2.05, 4.69) is 53.3 Å². The van der Waals surface area contributed by atoms with Gasteiger partial charge in [0.1, 0.15) is 6.10 Å². The molecular weight excluding hydrogens is 446 g/mol. The number of hydrogen-bond acceptors (Lipinski definition) is 4. The van der Waals surface area contributed by atoms with Gasteiger partial charge in [-0.15, -0.1) is 5.16 Å². The lowest BCUT2D eigenvalue weighted by molar-refractivity contribution is -0.246. The molecule has 0 saturated heterocycles. The molecule has 0 bridgehead atoms. The third-order valence-corrected chi connectivity index (χ3v) is 13.7. The van der Waals surface area contributed by atoms with E-state index in [1.165, 1.54) is 50.5 Å². The van der Waals surface area contributed by atoms with Gasteiger partial charge in [-0.2, -0.15) is 0 Å². The van der Waals surface area contributed by atoms with E-state index in [4.69, 9.17) is 4.74 Å². The Morgan fingerprint density at radius 3 is 2.25 bits per heavy atom. The molecule has 5 rings (SSSR count). The third kappa shape index (κ3) is 3.30. The molecule has 0 radical (unpaired) electrons. The van der Waals surface area contributed by atoms with E-state index in [-0.39, 0.29) is 33.7 Å². The van der Waals surface area contributed by atoms with E-state index in [0.717, 1.165) is 19.3 Å². The van der Waals surface area contributed by atoms with Crippen LogP contribution >= 0.6 is 0 Å². The Bertz CT molecular complexity index is 955. The molecule has 4 nitrogen and oxygen atoms in total. The van der Waals surface area contributed by atoms with Gasteiger partial charge in [0.05, 0.1) is 6.21 Å². The summed E-state index contributed by atoms with van der Waals surface area (Å²) >= 11 is 0. The normalized spacial score (nSPS) is 51.5.